The Hall–Kier alpha value is -1.28. The van der Waals surface area contributed by atoms with E-state index in [1.165, 1.54) is 27.7 Å². The first-order valence-corrected chi connectivity index (χ1v) is 6.25. The molecule has 0 fully saturated rings. The quantitative estimate of drug-likeness (QED) is 0.833. The maximum atomic E-state index is 5.73. The summed E-state index contributed by atoms with van der Waals surface area (Å²) in [6, 6.07) is 6.61. The van der Waals surface area contributed by atoms with Crippen LogP contribution in [0.5, 0.6) is 0 Å². The number of rotatable bonds is 3. The Kier molecular flexibility index (Phi) is 3.00. The van der Waals surface area contributed by atoms with Crippen LogP contribution < -0.4 is 5.73 Å². The number of hydrogen-bond acceptors (Lipinski definition) is 1. The number of nitrogens with two attached hydrogens (primary N) is 1. The zero-order chi connectivity index (χ0) is 12.6. The van der Waals surface area contributed by atoms with Gasteiger partial charge in [-0.1, -0.05) is 26.0 Å². The highest BCUT2D eigenvalue weighted by Crippen LogP contribution is 2.35. The van der Waals surface area contributed by atoms with Gasteiger partial charge >= 0.3 is 0 Å². The molecule has 2 rings (SSSR count). The van der Waals surface area contributed by atoms with Crippen LogP contribution in [0.2, 0.25) is 0 Å². The Morgan fingerprint density at radius 1 is 1.24 bits per heavy atom. The largest absolute Gasteiger partial charge is 0.358 e. The Morgan fingerprint density at radius 2 is 1.94 bits per heavy atom. The minimum Gasteiger partial charge on any atom is -0.358 e. The smallest absolute Gasteiger partial charge is 0.0461 e. The molecule has 0 amide bonds. The summed E-state index contributed by atoms with van der Waals surface area (Å²) in [4.78, 5) is 3.49. The lowest BCUT2D eigenvalue weighted by atomic mass is 9.80. The van der Waals surface area contributed by atoms with Gasteiger partial charge in [0.05, 0.1) is 0 Å². The summed E-state index contributed by atoms with van der Waals surface area (Å²) in [5.74, 6) is 0. The number of H-pyrrole nitrogens is 1. The number of benzene rings is 1. The van der Waals surface area contributed by atoms with Crippen LogP contribution in [0, 0.1) is 13.8 Å². The molecule has 0 aliphatic heterocycles. The molecule has 2 nitrogen and oxygen atoms in total. The molecule has 0 bridgehead atoms. The fourth-order valence-corrected chi connectivity index (χ4v) is 2.80. The van der Waals surface area contributed by atoms with Crippen molar-refractivity contribution in [3.05, 3.63) is 35.0 Å². The van der Waals surface area contributed by atoms with E-state index in [4.69, 9.17) is 5.73 Å². The minimum absolute atomic E-state index is 0.131. The van der Waals surface area contributed by atoms with Gasteiger partial charge in [0.15, 0.2) is 0 Å². The van der Waals surface area contributed by atoms with Gasteiger partial charge in [-0.05, 0) is 49.4 Å². The number of aromatic amines is 1. The molecular formula is C15H22N2. The molecule has 92 valence electrons. The molecule has 1 aromatic carbocycles. The van der Waals surface area contributed by atoms with Gasteiger partial charge in [-0.2, -0.15) is 0 Å². The van der Waals surface area contributed by atoms with E-state index < -0.39 is 0 Å². The lowest BCUT2D eigenvalue weighted by molar-refractivity contribution is 0.489. The third kappa shape index (κ3) is 2.09. The Morgan fingerprint density at radius 3 is 2.59 bits per heavy atom. The second-order valence-electron chi connectivity index (χ2n) is 5.60. The Balaban J connectivity index is 2.64. The molecule has 0 saturated carbocycles. The Bertz CT molecular complexity index is 535. The average molecular weight is 230 g/mol. The predicted molar refractivity (Wildman–Crippen MR) is 74.5 cm³/mol. The molecule has 2 heteroatoms. The van der Waals surface area contributed by atoms with Crippen molar-refractivity contribution < 1.29 is 0 Å². The van der Waals surface area contributed by atoms with Crippen LogP contribution >= 0.6 is 0 Å². The van der Waals surface area contributed by atoms with Gasteiger partial charge in [-0.25, -0.2) is 0 Å². The first-order chi connectivity index (χ1) is 7.95. The molecule has 1 aromatic heterocycles. The molecular weight excluding hydrogens is 208 g/mol. The first-order valence-electron chi connectivity index (χ1n) is 6.25. The maximum Gasteiger partial charge on any atom is 0.0461 e. The Labute approximate surface area is 103 Å². The average Bonchev–Trinajstić information content (AvgIpc) is 2.53. The van der Waals surface area contributed by atoms with Crippen LogP contribution in [-0.4, -0.2) is 11.5 Å². The van der Waals surface area contributed by atoms with Crippen molar-refractivity contribution in [3.8, 4) is 0 Å². The normalized spacial score (nSPS) is 12.3. The molecule has 0 saturated heterocycles. The summed E-state index contributed by atoms with van der Waals surface area (Å²) in [5, 5.41) is 1.34. The van der Waals surface area contributed by atoms with E-state index >= 15 is 0 Å². The second kappa shape index (κ2) is 4.19. The van der Waals surface area contributed by atoms with Gasteiger partial charge in [0, 0.05) is 16.6 Å². The van der Waals surface area contributed by atoms with Crippen molar-refractivity contribution in [1.82, 2.24) is 4.98 Å². The van der Waals surface area contributed by atoms with Gasteiger partial charge in [-0.15, -0.1) is 0 Å². The number of hydrogen-bond donors (Lipinski definition) is 2. The fourth-order valence-electron chi connectivity index (χ4n) is 2.80. The van der Waals surface area contributed by atoms with E-state index in [1.54, 1.807) is 0 Å². The third-order valence-electron chi connectivity index (χ3n) is 3.59. The highest BCUT2D eigenvalue weighted by atomic mass is 14.7. The topological polar surface area (TPSA) is 41.8 Å². The van der Waals surface area contributed by atoms with E-state index in [2.05, 4.69) is 50.9 Å². The number of nitrogens with one attached hydrogen (secondary N) is 1. The molecule has 0 aliphatic carbocycles. The lowest BCUT2D eigenvalue weighted by Gasteiger charge is -2.25. The number of fused-ring (bicyclic) bond motifs is 1. The summed E-state index contributed by atoms with van der Waals surface area (Å²) in [6.45, 7) is 9.55. The van der Waals surface area contributed by atoms with Gasteiger partial charge in [0.25, 0.3) is 0 Å². The molecule has 0 atom stereocenters. The van der Waals surface area contributed by atoms with E-state index in [1.807, 2.05) is 0 Å². The molecule has 3 N–H and O–H groups in total. The molecule has 0 radical (unpaired) electrons. The maximum absolute atomic E-state index is 5.73. The number of aryl methyl sites for hydroxylation is 2. The zero-order valence-electron chi connectivity index (χ0n) is 11.2. The van der Waals surface area contributed by atoms with Crippen LogP contribution in [0.25, 0.3) is 10.9 Å². The van der Waals surface area contributed by atoms with Crippen LogP contribution in [-0.2, 0) is 5.41 Å². The van der Waals surface area contributed by atoms with E-state index in [-0.39, 0.29) is 5.41 Å². The molecule has 17 heavy (non-hydrogen) atoms. The highest BCUT2D eigenvalue weighted by Gasteiger charge is 2.25. The zero-order valence-corrected chi connectivity index (χ0v) is 11.2. The molecule has 0 spiro atoms. The van der Waals surface area contributed by atoms with Crippen molar-refractivity contribution in [1.29, 1.82) is 0 Å². The van der Waals surface area contributed by atoms with Crippen molar-refractivity contribution in [3.63, 3.8) is 0 Å². The predicted octanol–water partition coefficient (Wildman–Crippen LogP) is 3.41. The summed E-state index contributed by atoms with van der Waals surface area (Å²) >= 11 is 0. The molecule has 2 aromatic rings. The van der Waals surface area contributed by atoms with Crippen LogP contribution in [0.4, 0.5) is 0 Å². The summed E-state index contributed by atoms with van der Waals surface area (Å²) in [5.41, 5.74) is 11.1. The van der Waals surface area contributed by atoms with E-state index in [9.17, 15) is 0 Å². The van der Waals surface area contributed by atoms with Gasteiger partial charge in [0.2, 0.25) is 0 Å². The standard InChI is InChI=1S/C15H22N2/c1-10-5-6-12-13(9-10)17-11(2)14(12)15(3,4)7-8-16/h5-6,9,17H,7-8,16H2,1-4H3. The lowest BCUT2D eigenvalue weighted by Crippen LogP contribution is -2.22. The van der Waals surface area contributed by atoms with Gasteiger partial charge in [-0.3, -0.25) is 0 Å². The van der Waals surface area contributed by atoms with Crippen molar-refractivity contribution in [2.45, 2.75) is 39.5 Å². The minimum atomic E-state index is 0.131. The van der Waals surface area contributed by atoms with Crippen molar-refractivity contribution >= 4 is 10.9 Å². The first kappa shape index (κ1) is 12.2. The second-order valence-corrected chi connectivity index (χ2v) is 5.60. The van der Waals surface area contributed by atoms with Crippen molar-refractivity contribution in [2.24, 2.45) is 5.73 Å². The highest BCUT2D eigenvalue weighted by molar-refractivity contribution is 5.86. The van der Waals surface area contributed by atoms with Gasteiger partial charge < -0.3 is 10.7 Å². The monoisotopic (exact) mass is 230 g/mol. The molecule has 0 unspecified atom stereocenters. The van der Waals surface area contributed by atoms with Gasteiger partial charge in [0.1, 0.15) is 0 Å². The summed E-state index contributed by atoms with van der Waals surface area (Å²) in [6.07, 6.45) is 1.01. The van der Waals surface area contributed by atoms with Crippen LogP contribution in [0.3, 0.4) is 0 Å². The fraction of sp³-hybridized carbons (Fsp3) is 0.467. The molecule has 0 aliphatic rings. The number of aromatic nitrogens is 1. The summed E-state index contributed by atoms with van der Waals surface area (Å²) in [7, 11) is 0. The molecule has 1 heterocycles. The van der Waals surface area contributed by atoms with Crippen LogP contribution in [0.1, 0.15) is 37.1 Å². The van der Waals surface area contributed by atoms with Crippen LogP contribution in [0.15, 0.2) is 18.2 Å². The third-order valence-corrected chi connectivity index (χ3v) is 3.59. The van der Waals surface area contributed by atoms with Crippen molar-refractivity contribution in [2.75, 3.05) is 6.54 Å². The summed E-state index contributed by atoms with van der Waals surface area (Å²) < 4.78 is 0. The van der Waals surface area contributed by atoms with E-state index in [0.29, 0.717) is 0 Å². The van der Waals surface area contributed by atoms with E-state index in [0.717, 1.165) is 13.0 Å². The SMILES string of the molecule is Cc1ccc2c(C(C)(C)CCN)c(C)[nH]c2c1.